The fourth-order valence-electron chi connectivity index (χ4n) is 1.84. The van der Waals surface area contributed by atoms with Gasteiger partial charge in [0.15, 0.2) is 0 Å². The standard InChI is InChI=1S/C17H20N4.HI/c1-13-8-9-16(10-14(13)2)12-20-21-17(18)19-11-15-6-4-3-5-7-15;/h3-10,12H,11H2,1-2H3,(H3,18,19,21);1H. The van der Waals surface area contributed by atoms with Crippen LogP contribution in [0.2, 0.25) is 0 Å². The highest BCUT2D eigenvalue weighted by molar-refractivity contribution is 14.0. The zero-order valence-electron chi connectivity index (χ0n) is 12.8. The van der Waals surface area contributed by atoms with Gasteiger partial charge in [-0.1, -0.05) is 48.5 Å². The Kier molecular flexibility index (Phi) is 7.59. The van der Waals surface area contributed by atoms with Crippen LogP contribution in [0.3, 0.4) is 0 Å². The van der Waals surface area contributed by atoms with Gasteiger partial charge in [0.05, 0.1) is 6.21 Å². The predicted octanol–water partition coefficient (Wildman–Crippen LogP) is 3.57. The van der Waals surface area contributed by atoms with Gasteiger partial charge in [0.1, 0.15) is 0 Å². The molecule has 2 aromatic carbocycles. The SMILES string of the molecule is Cc1ccc(C=NNC(=N)NCc2ccccc2)cc1C.I. The van der Waals surface area contributed by atoms with Crippen LogP contribution in [0.25, 0.3) is 0 Å². The summed E-state index contributed by atoms with van der Waals surface area (Å²) >= 11 is 0. The highest BCUT2D eigenvalue weighted by Gasteiger charge is 1.95. The van der Waals surface area contributed by atoms with Gasteiger partial charge in [-0.05, 0) is 36.1 Å². The Morgan fingerprint density at radius 1 is 1.09 bits per heavy atom. The van der Waals surface area contributed by atoms with Crippen LogP contribution in [0.5, 0.6) is 0 Å². The number of hydrazone groups is 1. The summed E-state index contributed by atoms with van der Waals surface area (Å²) in [6.07, 6.45) is 1.71. The Morgan fingerprint density at radius 2 is 1.82 bits per heavy atom. The van der Waals surface area contributed by atoms with Crippen molar-refractivity contribution in [1.82, 2.24) is 10.7 Å². The molecule has 0 atom stereocenters. The van der Waals surface area contributed by atoms with E-state index in [1.165, 1.54) is 11.1 Å². The molecule has 4 nitrogen and oxygen atoms in total. The minimum atomic E-state index is 0. The molecule has 0 fully saturated rings. The molecule has 0 aliphatic carbocycles. The van der Waals surface area contributed by atoms with Gasteiger partial charge in [-0.25, -0.2) is 5.43 Å². The van der Waals surface area contributed by atoms with E-state index in [1.807, 2.05) is 36.4 Å². The van der Waals surface area contributed by atoms with E-state index in [-0.39, 0.29) is 29.9 Å². The number of guanidine groups is 1. The first kappa shape index (κ1) is 18.2. The third kappa shape index (κ3) is 5.85. The van der Waals surface area contributed by atoms with Crippen LogP contribution < -0.4 is 10.7 Å². The molecular weight excluding hydrogens is 387 g/mol. The minimum absolute atomic E-state index is 0. The smallest absolute Gasteiger partial charge is 0.209 e. The molecule has 116 valence electrons. The van der Waals surface area contributed by atoms with Gasteiger partial charge in [0, 0.05) is 6.54 Å². The normalized spacial score (nSPS) is 10.1. The van der Waals surface area contributed by atoms with Crippen LogP contribution >= 0.6 is 24.0 Å². The number of rotatable bonds is 4. The monoisotopic (exact) mass is 408 g/mol. The van der Waals surface area contributed by atoms with Crippen LogP contribution in [0.15, 0.2) is 53.6 Å². The summed E-state index contributed by atoms with van der Waals surface area (Å²) in [5.74, 6) is 0.180. The first-order valence-electron chi connectivity index (χ1n) is 6.88. The topological polar surface area (TPSA) is 60.3 Å². The number of benzene rings is 2. The Bertz CT molecular complexity index is 638. The zero-order chi connectivity index (χ0) is 15.1. The molecule has 0 saturated heterocycles. The number of nitrogens with zero attached hydrogens (tertiary/aromatic N) is 1. The second-order valence-electron chi connectivity index (χ2n) is 4.93. The lowest BCUT2D eigenvalue weighted by Gasteiger charge is -2.06. The van der Waals surface area contributed by atoms with E-state index in [2.05, 4.69) is 41.8 Å². The molecule has 0 heterocycles. The molecule has 22 heavy (non-hydrogen) atoms. The molecule has 0 aliphatic rings. The van der Waals surface area contributed by atoms with E-state index in [4.69, 9.17) is 5.41 Å². The highest BCUT2D eigenvalue weighted by Crippen LogP contribution is 2.07. The predicted molar refractivity (Wildman–Crippen MR) is 103 cm³/mol. The lowest BCUT2D eigenvalue weighted by molar-refractivity contribution is 0.837. The Balaban J connectivity index is 0.00000242. The second kappa shape index (κ2) is 9.19. The molecule has 0 aromatic heterocycles. The molecule has 0 amide bonds. The molecule has 0 bridgehead atoms. The molecule has 0 spiro atoms. The van der Waals surface area contributed by atoms with Gasteiger partial charge in [0.25, 0.3) is 0 Å². The number of aryl methyl sites for hydroxylation is 2. The van der Waals surface area contributed by atoms with Crippen molar-refractivity contribution >= 4 is 36.2 Å². The van der Waals surface area contributed by atoms with E-state index in [0.29, 0.717) is 6.54 Å². The van der Waals surface area contributed by atoms with Crippen LogP contribution in [0, 0.1) is 19.3 Å². The largest absolute Gasteiger partial charge is 0.351 e. The van der Waals surface area contributed by atoms with Gasteiger partial charge < -0.3 is 5.32 Å². The first-order chi connectivity index (χ1) is 10.1. The molecule has 0 radical (unpaired) electrons. The number of halogens is 1. The van der Waals surface area contributed by atoms with Crippen molar-refractivity contribution in [2.75, 3.05) is 0 Å². The summed E-state index contributed by atoms with van der Waals surface area (Å²) in [5, 5.41) is 14.8. The zero-order valence-corrected chi connectivity index (χ0v) is 15.1. The number of nitrogens with one attached hydrogen (secondary N) is 3. The van der Waals surface area contributed by atoms with Crippen molar-refractivity contribution in [3.05, 3.63) is 70.8 Å². The van der Waals surface area contributed by atoms with Crippen molar-refractivity contribution in [2.45, 2.75) is 20.4 Å². The highest BCUT2D eigenvalue weighted by atomic mass is 127. The Labute approximate surface area is 148 Å². The third-order valence-electron chi connectivity index (χ3n) is 3.23. The van der Waals surface area contributed by atoms with Crippen LogP contribution in [0.4, 0.5) is 0 Å². The molecule has 2 rings (SSSR count). The molecule has 5 heteroatoms. The maximum atomic E-state index is 7.74. The minimum Gasteiger partial charge on any atom is -0.351 e. The average Bonchev–Trinajstić information content (AvgIpc) is 2.50. The summed E-state index contributed by atoms with van der Waals surface area (Å²) in [7, 11) is 0. The quantitative estimate of drug-likeness (QED) is 0.314. The lowest BCUT2D eigenvalue weighted by Crippen LogP contribution is -2.32. The fraction of sp³-hybridized carbons (Fsp3) is 0.176. The maximum absolute atomic E-state index is 7.74. The molecule has 2 aromatic rings. The molecule has 0 aliphatic heterocycles. The number of hydrogen-bond donors (Lipinski definition) is 3. The molecule has 3 N–H and O–H groups in total. The van der Waals surface area contributed by atoms with E-state index >= 15 is 0 Å². The maximum Gasteiger partial charge on any atom is 0.209 e. The first-order valence-corrected chi connectivity index (χ1v) is 6.88. The van der Waals surface area contributed by atoms with Crippen molar-refractivity contribution in [2.24, 2.45) is 5.10 Å². The van der Waals surface area contributed by atoms with Crippen molar-refractivity contribution in [3.63, 3.8) is 0 Å². The summed E-state index contributed by atoms with van der Waals surface area (Å²) in [4.78, 5) is 0. The second-order valence-corrected chi connectivity index (χ2v) is 4.93. The van der Waals surface area contributed by atoms with E-state index < -0.39 is 0 Å². The van der Waals surface area contributed by atoms with Crippen molar-refractivity contribution < 1.29 is 0 Å². The summed E-state index contributed by atoms with van der Waals surface area (Å²) in [6, 6.07) is 16.1. The molecular formula is C17H21IN4. The van der Waals surface area contributed by atoms with Gasteiger partial charge in [0.2, 0.25) is 5.96 Å². The Morgan fingerprint density at radius 3 is 2.50 bits per heavy atom. The van der Waals surface area contributed by atoms with Crippen molar-refractivity contribution in [1.29, 1.82) is 5.41 Å². The Hall–Kier alpha value is -1.89. The van der Waals surface area contributed by atoms with Gasteiger partial charge in [-0.3, -0.25) is 5.41 Å². The molecule has 0 saturated carbocycles. The van der Waals surface area contributed by atoms with Crippen LogP contribution in [-0.4, -0.2) is 12.2 Å². The van der Waals surface area contributed by atoms with Crippen molar-refractivity contribution in [3.8, 4) is 0 Å². The van der Waals surface area contributed by atoms with E-state index in [0.717, 1.165) is 11.1 Å². The van der Waals surface area contributed by atoms with E-state index in [9.17, 15) is 0 Å². The third-order valence-corrected chi connectivity index (χ3v) is 3.23. The fourth-order valence-corrected chi connectivity index (χ4v) is 1.84. The lowest BCUT2D eigenvalue weighted by atomic mass is 10.1. The summed E-state index contributed by atoms with van der Waals surface area (Å²) in [5.41, 5.74) is 7.31. The molecule has 0 unspecified atom stereocenters. The average molecular weight is 408 g/mol. The van der Waals surface area contributed by atoms with Gasteiger partial charge in [-0.15, -0.1) is 24.0 Å². The van der Waals surface area contributed by atoms with Gasteiger partial charge in [-0.2, -0.15) is 5.10 Å². The summed E-state index contributed by atoms with van der Waals surface area (Å²) < 4.78 is 0. The van der Waals surface area contributed by atoms with Crippen LogP contribution in [0.1, 0.15) is 22.3 Å². The number of hydrogen-bond acceptors (Lipinski definition) is 2. The van der Waals surface area contributed by atoms with Crippen LogP contribution in [-0.2, 0) is 6.54 Å². The summed E-state index contributed by atoms with van der Waals surface area (Å²) in [6.45, 7) is 4.76. The van der Waals surface area contributed by atoms with E-state index in [1.54, 1.807) is 6.21 Å². The van der Waals surface area contributed by atoms with Gasteiger partial charge >= 0.3 is 0 Å².